The van der Waals surface area contributed by atoms with Gasteiger partial charge in [-0.25, -0.2) is 9.59 Å². The Morgan fingerprint density at radius 2 is 2.08 bits per heavy atom. The van der Waals surface area contributed by atoms with E-state index in [4.69, 9.17) is 18.9 Å². The summed E-state index contributed by atoms with van der Waals surface area (Å²) in [5, 5.41) is 2.73. The molecule has 0 bridgehead atoms. The quantitative estimate of drug-likeness (QED) is 0.537. The maximum absolute atomic E-state index is 13.3. The van der Waals surface area contributed by atoms with Crippen LogP contribution in [0.15, 0.2) is 12.1 Å². The lowest BCUT2D eigenvalue weighted by molar-refractivity contribution is -0.153. The van der Waals surface area contributed by atoms with Crippen LogP contribution >= 0.6 is 11.8 Å². The van der Waals surface area contributed by atoms with Crippen LogP contribution in [0.3, 0.4) is 0 Å². The van der Waals surface area contributed by atoms with Gasteiger partial charge in [-0.2, -0.15) is 11.8 Å². The summed E-state index contributed by atoms with van der Waals surface area (Å²) in [6.07, 6.45) is 2.96. The first-order chi connectivity index (χ1) is 17.0. The van der Waals surface area contributed by atoms with E-state index in [-0.39, 0.29) is 23.5 Å². The molecule has 0 saturated heterocycles. The number of amides is 1. The van der Waals surface area contributed by atoms with E-state index < -0.39 is 23.7 Å². The molecule has 8 nitrogen and oxygen atoms in total. The molecule has 1 N–H and O–H groups in total. The molecule has 2 aliphatic heterocycles. The van der Waals surface area contributed by atoms with Crippen molar-refractivity contribution in [2.75, 3.05) is 32.7 Å². The average Bonchev–Trinajstić information content (AvgIpc) is 3.19. The van der Waals surface area contributed by atoms with E-state index in [2.05, 4.69) is 30.3 Å². The van der Waals surface area contributed by atoms with Gasteiger partial charge in [0.25, 0.3) is 0 Å². The minimum Gasteiger partial charge on any atom is -0.493 e. The van der Waals surface area contributed by atoms with Crippen molar-refractivity contribution in [1.29, 1.82) is 0 Å². The lowest BCUT2D eigenvalue weighted by atomic mass is 9.69. The standard InChI is InChI=1S/C27H40N2O6S/c1-16-20(33-24(30)18(10-13-36-7)28-25(31)35-26(2,3)4)14-21-27(16)11-12-29(5)15-17-8-9-19(32-6)23(34-21)22(17)27/h8-9,16,18,20-21H,10-15H2,1-7H3,(H,28,31)/t16?,18-,20+,21+,27-/m0/s1. The first-order valence-corrected chi connectivity index (χ1v) is 14.1. The molecule has 36 heavy (non-hydrogen) atoms. The van der Waals surface area contributed by atoms with Gasteiger partial charge in [-0.3, -0.25) is 0 Å². The number of carbonyl (C=O) groups excluding carboxylic acids is 2. The molecule has 9 heteroatoms. The van der Waals surface area contributed by atoms with Crippen molar-refractivity contribution in [1.82, 2.24) is 10.2 Å². The van der Waals surface area contributed by atoms with Crippen molar-refractivity contribution < 1.29 is 28.5 Å². The molecule has 1 aromatic rings. The molecule has 1 unspecified atom stereocenters. The van der Waals surface area contributed by atoms with Crippen LogP contribution in [0.25, 0.3) is 0 Å². The molecule has 1 aromatic carbocycles. The second-order valence-corrected chi connectivity index (χ2v) is 12.2. The number of esters is 1. The molecule has 4 rings (SSSR count). The summed E-state index contributed by atoms with van der Waals surface area (Å²) in [6, 6.07) is 3.37. The van der Waals surface area contributed by atoms with Gasteiger partial charge < -0.3 is 29.2 Å². The van der Waals surface area contributed by atoms with E-state index in [1.54, 1.807) is 39.6 Å². The number of nitrogens with one attached hydrogen (secondary N) is 1. The van der Waals surface area contributed by atoms with Gasteiger partial charge in [-0.1, -0.05) is 13.0 Å². The van der Waals surface area contributed by atoms with Gasteiger partial charge in [0.15, 0.2) is 11.5 Å². The maximum atomic E-state index is 13.3. The van der Waals surface area contributed by atoms with Gasteiger partial charge in [0.2, 0.25) is 0 Å². The number of methoxy groups -OCH3 is 1. The third kappa shape index (κ3) is 5.01. The highest BCUT2D eigenvalue weighted by molar-refractivity contribution is 7.98. The summed E-state index contributed by atoms with van der Waals surface area (Å²) in [4.78, 5) is 28.1. The zero-order chi connectivity index (χ0) is 26.3. The number of hydrogen-bond donors (Lipinski definition) is 1. The van der Waals surface area contributed by atoms with E-state index in [0.29, 0.717) is 18.6 Å². The lowest BCUT2D eigenvalue weighted by Crippen LogP contribution is -2.46. The maximum Gasteiger partial charge on any atom is 0.408 e. The predicted molar refractivity (Wildman–Crippen MR) is 140 cm³/mol. The number of thioether (sulfide) groups is 1. The molecule has 3 aliphatic rings. The summed E-state index contributed by atoms with van der Waals surface area (Å²) in [6.45, 7) is 9.33. The van der Waals surface area contributed by atoms with E-state index in [1.807, 2.05) is 12.3 Å². The summed E-state index contributed by atoms with van der Waals surface area (Å²) in [7, 11) is 3.81. The summed E-state index contributed by atoms with van der Waals surface area (Å²) in [5.74, 6) is 1.95. The fraction of sp³-hybridized carbons (Fsp3) is 0.704. The predicted octanol–water partition coefficient (Wildman–Crippen LogP) is 4.13. The number of hydrogen-bond acceptors (Lipinski definition) is 8. The monoisotopic (exact) mass is 520 g/mol. The van der Waals surface area contributed by atoms with Crippen molar-refractivity contribution in [2.24, 2.45) is 5.92 Å². The third-order valence-corrected chi connectivity index (χ3v) is 8.39. The molecule has 1 aliphatic carbocycles. The SMILES string of the molecule is COc1ccc2c3c1O[C@@H]1C[C@@H](OC(=O)[C@H](CCSC)NC(=O)OC(C)(C)C)C(C)[C@]31CCN(C)C2. The normalized spacial score (nSPS) is 27.8. The summed E-state index contributed by atoms with van der Waals surface area (Å²) in [5.41, 5.74) is 1.57. The van der Waals surface area contributed by atoms with Gasteiger partial charge in [-0.15, -0.1) is 0 Å². The molecular formula is C27H40N2O6S. The molecule has 1 fully saturated rings. The summed E-state index contributed by atoms with van der Waals surface area (Å²) >= 11 is 1.62. The molecule has 5 atom stereocenters. The van der Waals surface area contributed by atoms with Gasteiger partial charge in [0, 0.05) is 29.9 Å². The molecule has 1 spiro atoms. The Bertz CT molecular complexity index is 995. The second-order valence-electron chi connectivity index (χ2n) is 11.2. The zero-order valence-electron chi connectivity index (χ0n) is 22.5. The van der Waals surface area contributed by atoms with Crippen LogP contribution in [0.5, 0.6) is 11.5 Å². The third-order valence-electron chi connectivity index (χ3n) is 7.75. The van der Waals surface area contributed by atoms with Crippen LogP contribution in [-0.2, 0) is 26.2 Å². The lowest BCUT2D eigenvalue weighted by Gasteiger charge is -2.34. The Labute approximate surface area is 218 Å². The Morgan fingerprint density at radius 1 is 1.33 bits per heavy atom. The highest BCUT2D eigenvalue weighted by atomic mass is 32.2. The Hall–Kier alpha value is -2.13. The van der Waals surface area contributed by atoms with Crippen molar-refractivity contribution in [3.8, 4) is 11.5 Å². The highest BCUT2D eigenvalue weighted by Crippen LogP contribution is 2.61. The van der Waals surface area contributed by atoms with Gasteiger partial charge in [0.05, 0.1) is 7.11 Å². The van der Waals surface area contributed by atoms with E-state index in [0.717, 1.165) is 31.0 Å². The van der Waals surface area contributed by atoms with E-state index in [1.165, 1.54) is 11.1 Å². The fourth-order valence-electron chi connectivity index (χ4n) is 6.03. The Kier molecular flexibility index (Phi) is 7.72. The summed E-state index contributed by atoms with van der Waals surface area (Å²) < 4.78 is 23.7. The molecule has 1 saturated carbocycles. The Balaban J connectivity index is 1.56. The van der Waals surface area contributed by atoms with Gasteiger partial charge in [-0.05, 0) is 70.8 Å². The van der Waals surface area contributed by atoms with Crippen LogP contribution in [0.2, 0.25) is 0 Å². The van der Waals surface area contributed by atoms with Crippen LogP contribution in [0, 0.1) is 5.92 Å². The molecule has 200 valence electrons. The first kappa shape index (κ1) is 26.9. The molecule has 2 heterocycles. The van der Waals surface area contributed by atoms with Crippen molar-refractivity contribution in [2.45, 2.75) is 82.8 Å². The van der Waals surface area contributed by atoms with Crippen LogP contribution < -0.4 is 14.8 Å². The highest BCUT2D eigenvalue weighted by Gasteiger charge is 2.62. The van der Waals surface area contributed by atoms with Crippen molar-refractivity contribution in [3.05, 3.63) is 23.3 Å². The van der Waals surface area contributed by atoms with E-state index >= 15 is 0 Å². The number of alkyl carbamates (subject to hydrolysis) is 1. The fourth-order valence-corrected chi connectivity index (χ4v) is 6.51. The van der Waals surface area contributed by atoms with Gasteiger partial charge >= 0.3 is 12.1 Å². The van der Waals surface area contributed by atoms with Crippen LogP contribution in [0.4, 0.5) is 4.79 Å². The number of ether oxygens (including phenoxy) is 4. The average molecular weight is 521 g/mol. The van der Waals surface area contributed by atoms with E-state index in [9.17, 15) is 9.59 Å². The smallest absolute Gasteiger partial charge is 0.408 e. The topological polar surface area (TPSA) is 86.3 Å². The van der Waals surface area contributed by atoms with Crippen LogP contribution in [-0.4, -0.2) is 73.5 Å². The van der Waals surface area contributed by atoms with Crippen LogP contribution in [0.1, 0.15) is 58.1 Å². The number of benzene rings is 1. The molecule has 0 radical (unpaired) electrons. The zero-order valence-corrected chi connectivity index (χ0v) is 23.3. The molecular weight excluding hydrogens is 480 g/mol. The van der Waals surface area contributed by atoms with Crippen molar-refractivity contribution >= 4 is 23.8 Å². The first-order valence-electron chi connectivity index (χ1n) is 12.7. The van der Waals surface area contributed by atoms with Gasteiger partial charge in [0.1, 0.15) is 23.9 Å². The van der Waals surface area contributed by atoms with Crippen molar-refractivity contribution in [3.63, 3.8) is 0 Å². The number of carbonyl (C=O) groups is 2. The second kappa shape index (κ2) is 10.3. The minimum absolute atomic E-state index is 0.0489. The largest absolute Gasteiger partial charge is 0.493 e. The molecule has 1 amide bonds. The number of rotatable bonds is 7. The Morgan fingerprint density at radius 3 is 2.75 bits per heavy atom. The minimum atomic E-state index is -0.762. The molecule has 0 aromatic heterocycles. The number of nitrogens with zero attached hydrogens (tertiary/aromatic N) is 1.